The Labute approximate surface area is 276 Å². The summed E-state index contributed by atoms with van der Waals surface area (Å²) in [5.41, 5.74) is 36.2. The van der Waals surface area contributed by atoms with Crippen molar-refractivity contribution in [3.8, 4) is 0 Å². The molecule has 0 aliphatic rings. The summed E-state index contributed by atoms with van der Waals surface area (Å²) in [7, 11) is 0. The van der Waals surface area contributed by atoms with E-state index in [0.717, 1.165) is 12.8 Å². The van der Waals surface area contributed by atoms with E-state index >= 15 is 0 Å². The minimum atomic E-state index is -1.18. The molecule has 6 atom stereocenters. The van der Waals surface area contributed by atoms with E-state index < -0.39 is 72.8 Å². The Hall–Kier alpha value is -4.49. The predicted molar refractivity (Wildman–Crippen MR) is 171 cm³/mol. The van der Waals surface area contributed by atoms with Crippen LogP contribution in [0.1, 0.15) is 44.7 Å². The van der Waals surface area contributed by atoms with Crippen molar-refractivity contribution in [1.29, 1.82) is 5.41 Å². The van der Waals surface area contributed by atoms with Crippen molar-refractivity contribution in [2.45, 2.75) is 81.8 Å². The molecule has 0 aromatic carbocycles. The number of aliphatic hydroxyl groups is 2. The van der Waals surface area contributed by atoms with Crippen LogP contribution in [0.15, 0.2) is 12.5 Å². The zero-order chi connectivity index (χ0) is 38.4. The van der Waals surface area contributed by atoms with Gasteiger partial charge in [0.2, 0.25) is 0 Å². The molecular weight excluding hydrogens is 646 g/mol. The Balaban J connectivity index is -0.000000255. The summed E-state index contributed by atoms with van der Waals surface area (Å²) in [4.78, 5) is 56.7. The average Bonchev–Trinajstić information content (AvgIpc) is 3.52. The lowest BCUT2D eigenvalue weighted by Gasteiger charge is -2.06. The van der Waals surface area contributed by atoms with Gasteiger partial charge in [-0.3, -0.25) is 29.4 Å². The number of hydrogen-bond acceptors (Lipinski definition) is 15. The van der Waals surface area contributed by atoms with E-state index in [1.807, 2.05) is 0 Å². The second-order valence-electron chi connectivity index (χ2n) is 9.60. The summed E-state index contributed by atoms with van der Waals surface area (Å²) in [6.45, 7) is 1.91. The number of aromatic nitrogens is 2. The fourth-order valence-electron chi connectivity index (χ4n) is 2.30. The third kappa shape index (κ3) is 34.4. The fraction of sp³-hybridized carbons (Fsp3) is 0.640. The van der Waals surface area contributed by atoms with Crippen molar-refractivity contribution in [1.82, 2.24) is 15.3 Å². The van der Waals surface area contributed by atoms with Crippen molar-refractivity contribution in [3.63, 3.8) is 0 Å². The summed E-state index contributed by atoms with van der Waals surface area (Å²) in [5, 5.41) is 66.9. The number of carboxylic acid groups (broad SMARTS) is 5. The molecule has 23 heteroatoms. The van der Waals surface area contributed by atoms with E-state index in [2.05, 4.69) is 15.3 Å². The second kappa shape index (κ2) is 31.1. The monoisotopic (exact) mass is 699 g/mol. The number of hydrogen-bond donors (Lipinski definition) is 17. The van der Waals surface area contributed by atoms with Gasteiger partial charge in [0.05, 0.1) is 24.7 Å². The third-order valence-corrected chi connectivity index (χ3v) is 5.23. The van der Waals surface area contributed by atoms with Crippen molar-refractivity contribution in [3.05, 3.63) is 18.2 Å². The Kier molecular flexibility index (Phi) is 32.7. The number of carboxylic acids is 5. The van der Waals surface area contributed by atoms with Gasteiger partial charge in [-0.05, 0) is 39.2 Å². The van der Waals surface area contributed by atoms with E-state index in [1.165, 1.54) is 13.3 Å². The molecule has 0 fully saturated rings. The molecule has 280 valence electrons. The van der Waals surface area contributed by atoms with Crippen LogP contribution in [-0.2, 0) is 30.4 Å². The molecule has 0 bridgehead atoms. The zero-order valence-electron chi connectivity index (χ0n) is 26.6. The van der Waals surface area contributed by atoms with Crippen molar-refractivity contribution >= 4 is 35.8 Å². The number of nitrogens with two attached hydrogens (primary N) is 7. The standard InChI is InChI=1S/C6H14N4O2.C6H9N3O2.C6H14N2O2.C4H9NO3.C3H7NO3/c7-4(5(11)12)2-1-3-10-6(8)9;7-5(6(10)11)1-4-2-8-3-9-4;7-4-2-1-3-5(8)6(9)10;1-2(6)3(5)4(7)8;4-2(1-5)3(6)7/h4H,1-3,7H2,(H,11,12)(H4,8,9,10);2-3,5H,1,7H2,(H,8,9)(H,10,11);5H,1-4,7-8H2,(H,9,10);2-3,6H,5H2,1H3,(H,7,8);2,5H,1,4H2,(H,6,7). The van der Waals surface area contributed by atoms with Gasteiger partial charge in [-0.25, -0.2) is 4.98 Å². The number of aliphatic hydroxyl groups excluding tert-OH is 2. The van der Waals surface area contributed by atoms with E-state index in [-0.39, 0.29) is 12.4 Å². The van der Waals surface area contributed by atoms with E-state index in [0.29, 0.717) is 38.0 Å². The first-order chi connectivity index (χ1) is 22.1. The van der Waals surface area contributed by atoms with E-state index in [1.54, 1.807) is 6.20 Å². The first-order valence-electron chi connectivity index (χ1n) is 14.1. The van der Waals surface area contributed by atoms with E-state index in [4.69, 9.17) is 81.3 Å². The molecule has 24 N–H and O–H groups in total. The van der Waals surface area contributed by atoms with Crippen LogP contribution in [0, 0.1) is 5.41 Å². The summed E-state index contributed by atoms with van der Waals surface area (Å²) in [6, 6.07) is -4.68. The number of carbonyl (C=O) groups is 5. The normalized spacial score (nSPS) is 13.5. The summed E-state index contributed by atoms with van der Waals surface area (Å²) in [6.07, 6.45) is 5.54. The van der Waals surface area contributed by atoms with Crippen LogP contribution in [0.25, 0.3) is 0 Å². The van der Waals surface area contributed by atoms with Gasteiger partial charge in [0.1, 0.15) is 30.2 Å². The smallest absolute Gasteiger partial charge is 0.323 e. The van der Waals surface area contributed by atoms with Crippen LogP contribution in [0.4, 0.5) is 0 Å². The van der Waals surface area contributed by atoms with Crippen LogP contribution in [0.2, 0.25) is 0 Å². The molecule has 0 spiro atoms. The molecule has 0 saturated heterocycles. The topological polar surface area (TPSA) is 474 Å². The third-order valence-electron chi connectivity index (χ3n) is 5.23. The highest BCUT2D eigenvalue weighted by atomic mass is 16.4. The van der Waals surface area contributed by atoms with Gasteiger partial charge < -0.3 is 86.2 Å². The van der Waals surface area contributed by atoms with Gasteiger partial charge in [-0.2, -0.15) is 0 Å². The molecular formula is C25H53N11O12. The van der Waals surface area contributed by atoms with Crippen molar-refractivity contribution in [2.24, 2.45) is 40.1 Å². The van der Waals surface area contributed by atoms with Gasteiger partial charge in [-0.1, -0.05) is 6.42 Å². The SMILES string of the molecule is CC(O)C(N)C(=O)O.N=C(N)NCCCC(N)C(=O)O.NC(CO)C(=O)O.NC(Cc1c[nH]cn1)C(=O)O.NCCCCC(N)C(=O)O. The summed E-state index contributed by atoms with van der Waals surface area (Å²) >= 11 is 0. The number of H-pyrrole nitrogens is 1. The van der Waals surface area contributed by atoms with Crippen LogP contribution >= 0.6 is 0 Å². The van der Waals surface area contributed by atoms with Crippen LogP contribution in [-0.4, -0.2) is 138 Å². The lowest BCUT2D eigenvalue weighted by Crippen LogP contribution is -2.39. The molecule has 0 aliphatic carbocycles. The largest absolute Gasteiger partial charge is 0.480 e. The molecule has 1 aromatic heterocycles. The van der Waals surface area contributed by atoms with Crippen LogP contribution in [0.3, 0.4) is 0 Å². The zero-order valence-corrected chi connectivity index (χ0v) is 26.6. The highest BCUT2D eigenvalue weighted by molar-refractivity contribution is 5.75. The average molecular weight is 700 g/mol. The predicted octanol–water partition coefficient (Wildman–Crippen LogP) is -5.28. The number of guanidine groups is 1. The number of aromatic amines is 1. The molecule has 0 amide bonds. The van der Waals surface area contributed by atoms with Crippen LogP contribution in [0.5, 0.6) is 0 Å². The van der Waals surface area contributed by atoms with Crippen molar-refractivity contribution < 1.29 is 59.7 Å². The molecule has 1 aromatic rings. The highest BCUT2D eigenvalue weighted by Crippen LogP contribution is 1.97. The van der Waals surface area contributed by atoms with Crippen molar-refractivity contribution in [2.75, 3.05) is 19.7 Å². The van der Waals surface area contributed by atoms with Gasteiger partial charge >= 0.3 is 29.8 Å². The Morgan fingerprint density at radius 3 is 1.54 bits per heavy atom. The lowest BCUT2D eigenvalue weighted by atomic mass is 10.1. The molecule has 1 rings (SSSR count). The molecule has 0 radical (unpaired) electrons. The number of nitrogens with zero attached hydrogens (tertiary/aromatic N) is 1. The molecule has 1 heterocycles. The highest BCUT2D eigenvalue weighted by Gasteiger charge is 2.16. The summed E-state index contributed by atoms with van der Waals surface area (Å²) in [5.74, 6) is -5.41. The molecule has 48 heavy (non-hydrogen) atoms. The Bertz CT molecular complexity index is 1030. The number of rotatable bonds is 17. The first kappa shape index (κ1) is 50.4. The molecule has 23 nitrogen and oxygen atoms in total. The van der Waals surface area contributed by atoms with Gasteiger partial charge in [0.25, 0.3) is 0 Å². The summed E-state index contributed by atoms with van der Waals surface area (Å²) < 4.78 is 0. The number of aliphatic carboxylic acids is 5. The van der Waals surface area contributed by atoms with E-state index in [9.17, 15) is 24.0 Å². The maximum atomic E-state index is 10.3. The van der Waals surface area contributed by atoms with Gasteiger partial charge in [0.15, 0.2) is 5.96 Å². The number of unbranched alkanes of at least 4 members (excludes halogenated alkanes) is 1. The maximum Gasteiger partial charge on any atom is 0.323 e. The number of imidazole rings is 1. The van der Waals surface area contributed by atoms with Gasteiger partial charge in [0, 0.05) is 19.2 Å². The maximum absolute atomic E-state index is 10.3. The second-order valence-corrected chi connectivity index (χ2v) is 9.60. The minimum absolute atomic E-state index is 0.112. The van der Waals surface area contributed by atoms with Gasteiger partial charge in [-0.15, -0.1) is 0 Å². The Morgan fingerprint density at radius 2 is 1.27 bits per heavy atom. The molecule has 6 unspecified atom stereocenters. The lowest BCUT2D eigenvalue weighted by molar-refractivity contribution is -0.141. The molecule has 0 aliphatic heterocycles. The van der Waals surface area contributed by atoms with Crippen LogP contribution < -0.4 is 45.5 Å². The molecule has 0 saturated carbocycles. The fourth-order valence-corrected chi connectivity index (χ4v) is 2.30. The quantitative estimate of drug-likeness (QED) is 0.0410. The first-order valence-corrected chi connectivity index (χ1v) is 14.1. The number of nitrogens with one attached hydrogen (secondary N) is 3. The minimum Gasteiger partial charge on any atom is -0.480 e. The Morgan fingerprint density at radius 1 is 0.812 bits per heavy atom.